The number of rotatable bonds is 5. The Bertz CT molecular complexity index is 739. The van der Waals surface area contributed by atoms with Gasteiger partial charge in [0.2, 0.25) is 5.91 Å². The lowest BCUT2D eigenvalue weighted by molar-refractivity contribution is -0.117. The highest BCUT2D eigenvalue weighted by molar-refractivity contribution is 5.92. The highest BCUT2D eigenvalue weighted by Gasteiger charge is 2.32. The highest BCUT2D eigenvalue weighted by Crippen LogP contribution is 2.21. The van der Waals surface area contributed by atoms with Gasteiger partial charge < -0.3 is 10.4 Å². The van der Waals surface area contributed by atoms with Crippen molar-refractivity contribution in [3.05, 3.63) is 59.7 Å². The maximum absolute atomic E-state index is 13.1. The largest absolute Gasteiger partial charge is 0.391 e. The molecular formula is C19H22FN3O2. The van der Waals surface area contributed by atoms with Crippen LogP contribution in [0.1, 0.15) is 11.3 Å². The first-order valence-corrected chi connectivity index (χ1v) is 8.37. The van der Waals surface area contributed by atoms with Gasteiger partial charge in [-0.05, 0) is 49.2 Å². The molecule has 25 heavy (non-hydrogen) atoms. The minimum atomic E-state index is -0.470. The average molecular weight is 343 g/mol. The summed E-state index contributed by atoms with van der Waals surface area (Å²) in [5.41, 5.74) is 2.24. The fourth-order valence-electron chi connectivity index (χ4n) is 3.22. The van der Waals surface area contributed by atoms with Crippen molar-refractivity contribution in [1.82, 2.24) is 9.88 Å². The molecule has 0 spiro atoms. The molecule has 1 aromatic carbocycles. The number of benzene rings is 1. The fourth-order valence-corrected chi connectivity index (χ4v) is 3.22. The summed E-state index contributed by atoms with van der Waals surface area (Å²) in [6.07, 6.45) is 1.96. The van der Waals surface area contributed by atoms with E-state index in [-0.39, 0.29) is 24.2 Å². The molecule has 0 saturated carbocycles. The van der Waals surface area contributed by atoms with Crippen LogP contribution in [0, 0.1) is 18.7 Å². The third kappa shape index (κ3) is 4.61. The summed E-state index contributed by atoms with van der Waals surface area (Å²) < 4.78 is 13.1. The van der Waals surface area contributed by atoms with Crippen molar-refractivity contribution >= 4 is 11.6 Å². The molecule has 2 atom stereocenters. The van der Waals surface area contributed by atoms with Crippen LogP contribution in [0.5, 0.6) is 0 Å². The fraction of sp³-hybridized carbons (Fsp3) is 0.368. The molecule has 2 unspecified atom stereocenters. The van der Waals surface area contributed by atoms with Crippen LogP contribution in [0.2, 0.25) is 0 Å². The SMILES string of the molecule is Cc1cc(F)ccc1NC(=O)CN1CC(O)C(Cc2ccccn2)C1. The third-order valence-electron chi connectivity index (χ3n) is 4.51. The zero-order valence-electron chi connectivity index (χ0n) is 14.2. The van der Waals surface area contributed by atoms with E-state index < -0.39 is 6.10 Å². The number of aryl methyl sites for hydroxylation is 1. The molecule has 2 aromatic rings. The molecule has 2 heterocycles. The van der Waals surface area contributed by atoms with Gasteiger partial charge in [0.05, 0.1) is 12.6 Å². The molecule has 2 N–H and O–H groups in total. The van der Waals surface area contributed by atoms with Crippen molar-refractivity contribution in [2.45, 2.75) is 19.4 Å². The molecule has 6 heteroatoms. The number of aliphatic hydroxyl groups excluding tert-OH is 1. The van der Waals surface area contributed by atoms with E-state index in [1.807, 2.05) is 23.1 Å². The molecule has 1 aromatic heterocycles. The van der Waals surface area contributed by atoms with E-state index in [1.165, 1.54) is 12.1 Å². The summed E-state index contributed by atoms with van der Waals surface area (Å²) in [7, 11) is 0. The number of halogens is 1. The normalized spacial score (nSPS) is 20.6. The van der Waals surface area contributed by atoms with Crippen LogP contribution in [0.25, 0.3) is 0 Å². The van der Waals surface area contributed by atoms with E-state index in [1.54, 1.807) is 19.2 Å². The smallest absolute Gasteiger partial charge is 0.238 e. The number of β-amino-alcohol motifs (C(OH)–C–C–N with tert-alkyl or cyclic N) is 1. The van der Waals surface area contributed by atoms with Gasteiger partial charge in [-0.15, -0.1) is 0 Å². The number of nitrogens with zero attached hydrogens (tertiary/aromatic N) is 2. The van der Waals surface area contributed by atoms with Crippen molar-refractivity contribution in [3.8, 4) is 0 Å². The Morgan fingerprint density at radius 2 is 2.20 bits per heavy atom. The number of likely N-dealkylation sites (tertiary alicyclic amines) is 1. The van der Waals surface area contributed by atoms with Crippen LogP contribution in [0.4, 0.5) is 10.1 Å². The van der Waals surface area contributed by atoms with Gasteiger partial charge in [0, 0.05) is 36.6 Å². The van der Waals surface area contributed by atoms with Crippen LogP contribution in [0.3, 0.4) is 0 Å². The Morgan fingerprint density at radius 3 is 2.92 bits per heavy atom. The van der Waals surface area contributed by atoms with E-state index in [4.69, 9.17) is 0 Å². The summed E-state index contributed by atoms with van der Waals surface area (Å²) in [5.74, 6) is -0.425. The number of nitrogens with one attached hydrogen (secondary N) is 1. The number of carbonyl (C=O) groups is 1. The van der Waals surface area contributed by atoms with E-state index >= 15 is 0 Å². The minimum absolute atomic E-state index is 0.0651. The predicted molar refractivity (Wildman–Crippen MR) is 93.6 cm³/mol. The number of hydrogen-bond acceptors (Lipinski definition) is 4. The maximum Gasteiger partial charge on any atom is 0.238 e. The second-order valence-electron chi connectivity index (χ2n) is 6.55. The molecule has 1 amide bonds. The van der Waals surface area contributed by atoms with Crippen LogP contribution in [-0.4, -0.2) is 46.6 Å². The minimum Gasteiger partial charge on any atom is -0.391 e. The number of aliphatic hydroxyl groups is 1. The molecule has 1 saturated heterocycles. The molecule has 132 valence electrons. The monoisotopic (exact) mass is 343 g/mol. The summed E-state index contributed by atoms with van der Waals surface area (Å²) >= 11 is 0. The van der Waals surface area contributed by atoms with Gasteiger partial charge in [-0.2, -0.15) is 0 Å². The van der Waals surface area contributed by atoms with Crippen molar-refractivity contribution in [3.63, 3.8) is 0 Å². The Balaban J connectivity index is 1.54. The van der Waals surface area contributed by atoms with Gasteiger partial charge in [0.15, 0.2) is 0 Å². The van der Waals surface area contributed by atoms with Crippen LogP contribution in [-0.2, 0) is 11.2 Å². The molecular weight excluding hydrogens is 321 g/mol. The van der Waals surface area contributed by atoms with E-state index in [9.17, 15) is 14.3 Å². The second kappa shape index (κ2) is 7.72. The predicted octanol–water partition coefficient (Wildman–Crippen LogP) is 2.00. The third-order valence-corrected chi connectivity index (χ3v) is 4.51. The quantitative estimate of drug-likeness (QED) is 0.872. The summed E-state index contributed by atoms with van der Waals surface area (Å²) in [5, 5.41) is 13.1. The first-order chi connectivity index (χ1) is 12.0. The Morgan fingerprint density at radius 1 is 1.36 bits per heavy atom. The van der Waals surface area contributed by atoms with E-state index in [2.05, 4.69) is 10.3 Å². The zero-order valence-corrected chi connectivity index (χ0v) is 14.2. The first kappa shape index (κ1) is 17.5. The van der Waals surface area contributed by atoms with Crippen molar-refractivity contribution in [2.24, 2.45) is 5.92 Å². The number of aromatic nitrogens is 1. The average Bonchev–Trinajstić information content (AvgIpc) is 2.90. The van der Waals surface area contributed by atoms with Crippen molar-refractivity contribution in [1.29, 1.82) is 0 Å². The Hall–Kier alpha value is -2.31. The number of anilines is 1. The number of carbonyl (C=O) groups excluding carboxylic acids is 1. The van der Waals surface area contributed by atoms with Crippen molar-refractivity contribution in [2.75, 3.05) is 25.0 Å². The standard InChI is InChI=1S/C19H22FN3O2/c1-13-8-15(20)5-6-17(13)22-19(25)12-23-10-14(18(24)11-23)9-16-4-2-3-7-21-16/h2-8,14,18,24H,9-12H2,1H3,(H,22,25). The van der Waals surface area contributed by atoms with Gasteiger partial charge in [0.25, 0.3) is 0 Å². The summed E-state index contributed by atoms with van der Waals surface area (Å²) in [6, 6.07) is 10.0. The van der Waals surface area contributed by atoms with Gasteiger partial charge in [-0.1, -0.05) is 6.07 Å². The molecule has 1 aliphatic heterocycles. The van der Waals surface area contributed by atoms with E-state index in [0.29, 0.717) is 30.8 Å². The molecule has 0 bridgehead atoms. The second-order valence-corrected chi connectivity index (χ2v) is 6.55. The van der Waals surface area contributed by atoms with Crippen molar-refractivity contribution < 1.29 is 14.3 Å². The van der Waals surface area contributed by atoms with Gasteiger partial charge >= 0.3 is 0 Å². The molecule has 1 aliphatic rings. The summed E-state index contributed by atoms with van der Waals surface area (Å²) in [4.78, 5) is 18.5. The lowest BCUT2D eigenvalue weighted by Crippen LogP contribution is -2.32. The number of pyridine rings is 1. The molecule has 3 rings (SSSR count). The van der Waals surface area contributed by atoms with Crippen LogP contribution >= 0.6 is 0 Å². The lowest BCUT2D eigenvalue weighted by Gasteiger charge is -2.16. The van der Waals surface area contributed by atoms with E-state index in [0.717, 1.165) is 5.69 Å². The summed E-state index contributed by atoms with van der Waals surface area (Å²) in [6.45, 7) is 3.06. The maximum atomic E-state index is 13.1. The topological polar surface area (TPSA) is 65.5 Å². The first-order valence-electron chi connectivity index (χ1n) is 8.37. The van der Waals surface area contributed by atoms with Gasteiger partial charge in [-0.3, -0.25) is 14.7 Å². The Labute approximate surface area is 146 Å². The molecule has 1 fully saturated rings. The van der Waals surface area contributed by atoms with Gasteiger partial charge in [0.1, 0.15) is 5.82 Å². The number of amides is 1. The van der Waals surface area contributed by atoms with Gasteiger partial charge in [-0.25, -0.2) is 4.39 Å². The lowest BCUT2D eigenvalue weighted by atomic mass is 10.00. The molecule has 0 radical (unpaired) electrons. The Kier molecular flexibility index (Phi) is 5.40. The molecule has 0 aliphatic carbocycles. The van der Waals surface area contributed by atoms with Crippen LogP contribution in [0.15, 0.2) is 42.6 Å². The highest BCUT2D eigenvalue weighted by atomic mass is 19.1. The number of hydrogen-bond donors (Lipinski definition) is 2. The zero-order chi connectivity index (χ0) is 17.8. The van der Waals surface area contributed by atoms with Crippen LogP contribution < -0.4 is 5.32 Å². The molecule has 5 nitrogen and oxygen atoms in total.